The molecule has 1 aliphatic heterocycles. The van der Waals surface area contributed by atoms with Gasteiger partial charge in [-0.2, -0.15) is 4.98 Å². The van der Waals surface area contributed by atoms with Crippen LogP contribution in [0.25, 0.3) is 0 Å². The van der Waals surface area contributed by atoms with E-state index < -0.39 is 0 Å². The molecule has 1 N–H and O–H groups in total. The van der Waals surface area contributed by atoms with Gasteiger partial charge in [-0.25, -0.2) is 0 Å². The molecule has 0 unspecified atom stereocenters. The largest absolute Gasteiger partial charge is 0.493 e. The van der Waals surface area contributed by atoms with Gasteiger partial charge in [0, 0.05) is 32.6 Å². The van der Waals surface area contributed by atoms with Crippen LogP contribution in [0.15, 0.2) is 21.6 Å². The Hall–Kier alpha value is -2.04. The van der Waals surface area contributed by atoms with Gasteiger partial charge in [-0.15, -0.1) is 24.0 Å². The van der Waals surface area contributed by atoms with Crippen LogP contribution in [0.2, 0.25) is 0 Å². The summed E-state index contributed by atoms with van der Waals surface area (Å²) < 4.78 is 16.0. The summed E-state index contributed by atoms with van der Waals surface area (Å²) in [5.74, 6) is 3.83. The Labute approximate surface area is 189 Å². The van der Waals surface area contributed by atoms with Crippen LogP contribution >= 0.6 is 24.0 Å². The standard InChI is InChI=1S/C20H29N5O3.HI/c1-5-21-20(22-9-6-7-19-23-14(2)24-28-19)25-10-8-15-11-17(26-3)18(27-4)12-16(15)13-25;/h11-12H,5-10,13H2,1-4H3,(H,21,22);1H. The molecular weight excluding hydrogens is 485 g/mol. The highest BCUT2D eigenvalue weighted by Crippen LogP contribution is 2.33. The third-order valence-corrected chi connectivity index (χ3v) is 4.73. The average Bonchev–Trinajstić information content (AvgIpc) is 3.13. The van der Waals surface area contributed by atoms with Crippen molar-refractivity contribution in [3.63, 3.8) is 0 Å². The molecule has 2 heterocycles. The van der Waals surface area contributed by atoms with Crippen molar-refractivity contribution in [2.24, 2.45) is 4.99 Å². The predicted molar refractivity (Wildman–Crippen MR) is 122 cm³/mol. The third kappa shape index (κ3) is 5.97. The minimum Gasteiger partial charge on any atom is -0.493 e. The second-order valence-corrected chi connectivity index (χ2v) is 6.72. The maximum Gasteiger partial charge on any atom is 0.226 e. The van der Waals surface area contributed by atoms with E-state index in [2.05, 4.69) is 39.4 Å². The molecule has 160 valence electrons. The van der Waals surface area contributed by atoms with Crippen molar-refractivity contribution in [2.75, 3.05) is 33.9 Å². The van der Waals surface area contributed by atoms with E-state index in [1.54, 1.807) is 14.2 Å². The van der Waals surface area contributed by atoms with E-state index in [1.165, 1.54) is 11.1 Å². The van der Waals surface area contributed by atoms with E-state index in [1.807, 2.05) is 6.92 Å². The SMILES string of the molecule is CCNC(=NCCCc1nc(C)no1)N1CCc2cc(OC)c(OC)cc2C1.I. The van der Waals surface area contributed by atoms with E-state index in [9.17, 15) is 0 Å². The smallest absolute Gasteiger partial charge is 0.226 e. The first-order valence-corrected chi connectivity index (χ1v) is 9.70. The number of rotatable bonds is 7. The lowest BCUT2D eigenvalue weighted by Gasteiger charge is -2.32. The summed E-state index contributed by atoms with van der Waals surface area (Å²) in [5.41, 5.74) is 2.55. The molecule has 0 aliphatic carbocycles. The van der Waals surface area contributed by atoms with Crippen LogP contribution in [-0.2, 0) is 19.4 Å². The predicted octanol–water partition coefficient (Wildman–Crippen LogP) is 2.97. The van der Waals surface area contributed by atoms with Gasteiger partial charge in [0.2, 0.25) is 5.89 Å². The first-order valence-electron chi connectivity index (χ1n) is 9.70. The van der Waals surface area contributed by atoms with E-state index in [4.69, 9.17) is 19.0 Å². The van der Waals surface area contributed by atoms with Gasteiger partial charge in [0.25, 0.3) is 0 Å². The number of fused-ring (bicyclic) bond motifs is 1. The molecule has 29 heavy (non-hydrogen) atoms. The summed E-state index contributed by atoms with van der Waals surface area (Å²) in [4.78, 5) is 11.3. The first kappa shape index (κ1) is 23.2. The quantitative estimate of drug-likeness (QED) is 0.263. The van der Waals surface area contributed by atoms with Crippen LogP contribution in [0.1, 0.15) is 36.2 Å². The van der Waals surface area contributed by atoms with Crippen LogP contribution in [0.3, 0.4) is 0 Å². The molecule has 0 bridgehead atoms. The Bertz CT molecular complexity index is 824. The van der Waals surface area contributed by atoms with Crippen LogP contribution in [0, 0.1) is 6.92 Å². The molecule has 0 saturated carbocycles. The Morgan fingerprint density at radius 1 is 1.24 bits per heavy atom. The van der Waals surface area contributed by atoms with Crippen molar-refractivity contribution in [3.8, 4) is 11.5 Å². The summed E-state index contributed by atoms with van der Waals surface area (Å²) in [6, 6.07) is 4.16. The van der Waals surface area contributed by atoms with Crippen LogP contribution < -0.4 is 14.8 Å². The maximum atomic E-state index is 5.46. The number of hydrogen-bond acceptors (Lipinski definition) is 6. The molecule has 3 rings (SSSR count). The lowest BCUT2D eigenvalue weighted by atomic mass is 9.99. The van der Waals surface area contributed by atoms with Crippen LogP contribution in [0.4, 0.5) is 0 Å². The topological polar surface area (TPSA) is 85.0 Å². The number of aromatic nitrogens is 2. The van der Waals surface area contributed by atoms with Gasteiger partial charge < -0.3 is 24.2 Å². The van der Waals surface area contributed by atoms with Crippen molar-refractivity contribution in [3.05, 3.63) is 35.0 Å². The molecule has 0 fully saturated rings. The van der Waals surface area contributed by atoms with E-state index in [-0.39, 0.29) is 24.0 Å². The third-order valence-electron chi connectivity index (χ3n) is 4.73. The fourth-order valence-electron chi connectivity index (χ4n) is 3.35. The van der Waals surface area contributed by atoms with Crippen molar-refractivity contribution < 1.29 is 14.0 Å². The molecule has 9 heteroatoms. The highest BCUT2D eigenvalue weighted by Gasteiger charge is 2.21. The van der Waals surface area contributed by atoms with Crippen LogP contribution in [0.5, 0.6) is 11.5 Å². The van der Waals surface area contributed by atoms with Gasteiger partial charge >= 0.3 is 0 Å². The number of methoxy groups -OCH3 is 2. The number of guanidine groups is 1. The van der Waals surface area contributed by atoms with Crippen molar-refractivity contribution in [1.29, 1.82) is 0 Å². The minimum atomic E-state index is 0. The van der Waals surface area contributed by atoms with Gasteiger partial charge in [-0.3, -0.25) is 4.99 Å². The molecule has 0 radical (unpaired) electrons. The van der Waals surface area contributed by atoms with E-state index >= 15 is 0 Å². The normalized spacial score (nSPS) is 13.5. The highest BCUT2D eigenvalue weighted by atomic mass is 127. The van der Waals surface area contributed by atoms with Crippen molar-refractivity contribution in [1.82, 2.24) is 20.4 Å². The highest BCUT2D eigenvalue weighted by molar-refractivity contribution is 14.0. The average molecular weight is 515 g/mol. The molecule has 1 aromatic heterocycles. The molecule has 0 atom stereocenters. The summed E-state index contributed by atoms with van der Waals surface area (Å²) >= 11 is 0. The van der Waals surface area contributed by atoms with Gasteiger partial charge in [0.05, 0.1) is 14.2 Å². The Morgan fingerprint density at radius 3 is 2.59 bits per heavy atom. The van der Waals surface area contributed by atoms with Crippen molar-refractivity contribution >= 4 is 29.9 Å². The van der Waals surface area contributed by atoms with Gasteiger partial charge in [-0.05, 0) is 49.9 Å². The Kier molecular flexibility index (Phi) is 8.99. The monoisotopic (exact) mass is 515 g/mol. The molecule has 2 aromatic rings. The summed E-state index contributed by atoms with van der Waals surface area (Å²) in [7, 11) is 3.34. The maximum absolute atomic E-state index is 5.46. The Balaban J connectivity index is 0.00000300. The number of aliphatic imine (C=N–C) groups is 1. The van der Waals surface area contributed by atoms with Crippen LogP contribution in [-0.4, -0.2) is 54.9 Å². The molecule has 0 saturated heterocycles. The lowest BCUT2D eigenvalue weighted by molar-refractivity contribution is 0.345. The number of hydrogen-bond donors (Lipinski definition) is 1. The zero-order valence-electron chi connectivity index (χ0n) is 17.5. The Morgan fingerprint density at radius 2 is 1.97 bits per heavy atom. The number of ether oxygens (including phenoxy) is 2. The lowest BCUT2D eigenvalue weighted by Crippen LogP contribution is -2.44. The number of halogens is 1. The molecule has 0 spiro atoms. The first-order chi connectivity index (χ1) is 13.6. The van der Waals surface area contributed by atoms with Gasteiger partial charge in [0.15, 0.2) is 23.3 Å². The number of nitrogens with zero attached hydrogens (tertiary/aromatic N) is 4. The molecule has 0 amide bonds. The van der Waals surface area contributed by atoms with Gasteiger partial charge in [0.1, 0.15) is 0 Å². The zero-order valence-corrected chi connectivity index (χ0v) is 19.9. The number of benzene rings is 1. The fourth-order valence-corrected chi connectivity index (χ4v) is 3.35. The minimum absolute atomic E-state index is 0. The zero-order chi connectivity index (χ0) is 19.9. The van der Waals surface area contributed by atoms with Crippen molar-refractivity contribution in [2.45, 2.75) is 39.7 Å². The molecular formula is C20H30IN5O3. The second kappa shape index (κ2) is 11.2. The fraction of sp³-hybridized carbons (Fsp3) is 0.550. The summed E-state index contributed by atoms with van der Waals surface area (Å²) in [5, 5.41) is 7.23. The molecule has 8 nitrogen and oxygen atoms in total. The van der Waals surface area contributed by atoms with E-state index in [0.29, 0.717) is 18.3 Å². The number of nitrogens with one attached hydrogen (secondary N) is 1. The second-order valence-electron chi connectivity index (χ2n) is 6.72. The summed E-state index contributed by atoms with van der Waals surface area (Å²) in [6.07, 6.45) is 2.55. The number of aryl methyl sites for hydroxylation is 2. The molecule has 1 aliphatic rings. The molecule has 1 aromatic carbocycles. The summed E-state index contributed by atoms with van der Waals surface area (Å²) in [6.45, 7) is 7.16. The van der Waals surface area contributed by atoms with E-state index in [0.717, 1.165) is 56.4 Å². The van der Waals surface area contributed by atoms with Gasteiger partial charge in [-0.1, -0.05) is 5.16 Å².